The summed E-state index contributed by atoms with van der Waals surface area (Å²) in [6.07, 6.45) is 1.58. The topological polar surface area (TPSA) is 84.7 Å². The van der Waals surface area contributed by atoms with E-state index in [1.165, 1.54) is 12.1 Å². The van der Waals surface area contributed by atoms with E-state index in [1.807, 2.05) is 35.2 Å². The summed E-state index contributed by atoms with van der Waals surface area (Å²) in [6.45, 7) is 0.714. The first-order chi connectivity index (χ1) is 17.4. The van der Waals surface area contributed by atoms with E-state index in [-0.39, 0.29) is 29.3 Å². The first kappa shape index (κ1) is 23.1. The number of nitrogens with one attached hydrogen (secondary N) is 1. The molecule has 2 saturated heterocycles. The second-order valence-corrected chi connectivity index (χ2v) is 10.4. The monoisotopic (exact) mass is 551 g/mol. The number of ether oxygens (including phenoxy) is 1. The van der Waals surface area contributed by atoms with Crippen LogP contribution in [0.5, 0.6) is 5.75 Å². The highest BCUT2D eigenvalue weighted by Crippen LogP contribution is 2.59. The van der Waals surface area contributed by atoms with Gasteiger partial charge in [0, 0.05) is 38.8 Å². The predicted octanol–water partition coefficient (Wildman–Crippen LogP) is 5.22. The molecule has 2 fully saturated rings. The Kier molecular flexibility index (Phi) is 5.57. The molecule has 3 aromatic carbocycles. The van der Waals surface area contributed by atoms with Crippen LogP contribution in [-0.4, -0.2) is 34.4 Å². The number of halogens is 2. The van der Waals surface area contributed by atoms with Gasteiger partial charge in [0.2, 0.25) is 0 Å². The number of nitro groups is 1. The summed E-state index contributed by atoms with van der Waals surface area (Å²) in [5, 5.41) is 15.8. The summed E-state index contributed by atoms with van der Waals surface area (Å²) in [4.78, 5) is 28.3. The highest BCUT2D eigenvalue weighted by Gasteiger charge is 2.73. The van der Waals surface area contributed by atoms with Crippen molar-refractivity contribution in [1.29, 1.82) is 0 Å². The Balaban J connectivity index is 1.48. The average molecular weight is 552 g/mol. The molecule has 3 aliphatic rings. The van der Waals surface area contributed by atoms with Crippen molar-refractivity contribution in [3.05, 3.63) is 104 Å². The van der Waals surface area contributed by atoms with Crippen molar-refractivity contribution < 1.29 is 18.8 Å². The normalized spacial score (nSPS) is 26.6. The summed E-state index contributed by atoms with van der Waals surface area (Å²) >= 11 is 3.52. The number of nitrogens with zero attached hydrogens (tertiary/aromatic N) is 2. The van der Waals surface area contributed by atoms with Crippen molar-refractivity contribution in [1.82, 2.24) is 4.90 Å². The molecule has 36 heavy (non-hydrogen) atoms. The van der Waals surface area contributed by atoms with E-state index in [4.69, 9.17) is 4.74 Å². The Hall–Kier alpha value is -3.30. The Labute approximate surface area is 215 Å². The predicted molar refractivity (Wildman–Crippen MR) is 135 cm³/mol. The van der Waals surface area contributed by atoms with Gasteiger partial charge in [-0.25, -0.2) is 4.39 Å². The molecular formula is C27H23BrFN3O4. The standard InChI is InChI=1S/C27H23BrFN3O4/c28-17-10-11-23(36-15-16-5-3-6-18(29)13-16)19(14-17)24-22-9-4-12-31(22)27(25(24)32(34)35)20-7-1-2-8-21(20)30-26(27)33/h1-3,5-8,10-11,13-14,22,24-25H,4,9,12,15H2,(H,30,33)/t22-,24-,25-,27+/m1/s1. The molecule has 1 spiro atoms. The zero-order chi connectivity index (χ0) is 25.0. The smallest absolute Gasteiger partial charge is 0.256 e. The Morgan fingerprint density at radius 1 is 1.17 bits per heavy atom. The number of carbonyl (C=O) groups is 1. The van der Waals surface area contributed by atoms with Gasteiger partial charge in [-0.05, 0) is 54.8 Å². The number of hydrogen-bond acceptors (Lipinski definition) is 5. The third kappa shape index (κ3) is 3.37. The lowest BCUT2D eigenvalue weighted by Crippen LogP contribution is -2.55. The molecule has 9 heteroatoms. The first-order valence-electron chi connectivity index (χ1n) is 11.9. The molecule has 0 bridgehead atoms. The summed E-state index contributed by atoms with van der Waals surface area (Å²) in [6, 6.07) is 17.5. The van der Waals surface area contributed by atoms with E-state index in [2.05, 4.69) is 21.2 Å². The molecule has 4 atom stereocenters. The zero-order valence-electron chi connectivity index (χ0n) is 19.2. The van der Waals surface area contributed by atoms with Gasteiger partial charge in [0.1, 0.15) is 18.2 Å². The highest BCUT2D eigenvalue weighted by molar-refractivity contribution is 9.10. The maximum absolute atomic E-state index is 13.7. The third-order valence-corrected chi connectivity index (χ3v) is 8.20. The minimum atomic E-state index is -1.39. The van der Waals surface area contributed by atoms with Crippen molar-refractivity contribution in [2.75, 3.05) is 11.9 Å². The molecular weight excluding hydrogens is 529 g/mol. The number of benzene rings is 3. The van der Waals surface area contributed by atoms with Gasteiger partial charge in [0.05, 0.1) is 5.92 Å². The number of anilines is 1. The molecule has 0 saturated carbocycles. The van der Waals surface area contributed by atoms with Gasteiger partial charge in [-0.1, -0.05) is 46.3 Å². The van der Waals surface area contributed by atoms with Crippen LogP contribution >= 0.6 is 15.9 Å². The van der Waals surface area contributed by atoms with Gasteiger partial charge in [0.25, 0.3) is 11.9 Å². The average Bonchev–Trinajstić information content (AvgIpc) is 3.51. The second kappa shape index (κ2) is 8.67. The third-order valence-electron chi connectivity index (χ3n) is 7.71. The molecule has 7 nitrogen and oxygen atoms in total. The molecule has 1 N–H and O–H groups in total. The molecule has 184 valence electrons. The molecule has 6 rings (SSSR count). The lowest BCUT2D eigenvalue weighted by atomic mass is 9.77. The fraction of sp³-hybridized carbons (Fsp3) is 0.296. The molecule has 3 aliphatic heterocycles. The maximum Gasteiger partial charge on any atom is 0.256 e. The molecule has 0 aromatic heterocycles. The molecule has 1 amide bonds. The fourth-order valence-corrected chi connectivity index (χ4v) is 6.83. The largest absolute Gasteiger partial charge is 0.489 e. The lowest BCUT2D eigenvalue weighted by molar-refractivity contribution is -0.534. The van der Waals surface area contributed by atoms with Gasteiger partial charge in [-0.15, -0.1) is 0 Å². The maximum atomic E-state index is 13.7. The molecule has 0 unspecified atom stereocenters. The number of fused-ring (bicyclic) bond motifs is 4. The van der Waals surface area contributed by atoms with Crippen LogP contribution in [-0.2, 0) is 16.9 Å². The number of carbonyl (C=O) groups excluding carboxylic acids is 1. The molecule has 0 radical (unpaired) electrons. The van der Waals surface area contributed by atoms with Crippen LogP contribution in [0.25, 0.3) is 0 Å². The van der Waals surface area contributed by atoms with Crippen LogP contribution in [0.3, 0.4) is 0 Å². The van der Waals surface area contributed by atoms with E-state index < -0.39 is 17.5 Å². The van der Waals surface area contributed by atoms with Crippen LogP contribution in [0.15, 0.2) is 71.2 Å². The van der Waals surface area contributed by atoms with E-state index >= 15 is 0 Å². The Morgan fingerprint density at radius 3 is 2.81 bits per heavy atom. The number of hydrogen-bond donors (Lipinski definition) is 1. The van der Waals surface area contributed by atoms with Gasteiger partial charge in [-0.2, -0.15) is 0 Å². The van der Waals surface area contributed by atoms with Gasteiger partial charge in [-0.3, -0.25) is 19.8 Å². The number of rotatable bonds is 5. The van der Waals surface area contributed by atoms with Crippen molar-refractivity contribution in [2.24, 2.45) is 0 Å². The molecule has 0 aliphatic carbocycles. The van der Waals surface area contributed by atoms with E-state index in [9.17, 15) is 19.3 Å². The van der Waals surface area contributed by atoms with Crippen LogP contribution in [0.1, 0.15) is 35.4 Å². The van der Waals surface area contributed by atoms with Crippen LogP contribution in [0, 0.1) is 15.9 Å². The fourth-order valence-electron chi connectivity index (χ4n) is 6.45. The van der Waals surface area contributed by atoms with E-state index in [0.29, 0.717) is 34.7 Å². The minimum Gasteiger partial charge on any atom is -0.489 e. The second-order valence-electron chi connectivity index (χ2n) is 9.53. The number of para-hydroxylation sites is 1. The first-order valence-corrected chi connectivity index (χ1v) is 12.7. The quantitative estimate of drug-likeness (QED) is 0.347. The molecule has 3 heterocycles. The van der Waals surface area contributed by atoms with Crippen LogP contribution < -0.4 is 10.1 Å². The summed E-state index contributed by atoms with van der Waals surface area (Å²) < 4.78 is 20.6. The minimum absolute atomic E-state index is 0.116. The Morgan fingerprint density at radius 2 is 2.00 bits per heavy atom. The molecule has 3 aromatic rings. The summed E-state index contributed by atoms with van der Waals surface area (Å²) in [5.41, 5.74) is 1.21. The van der Waals surface area contributed by atoms with Crippen molar-refractivity contribution in [3.63, 3.8) is 0 Å². The van der Waals surface area contributed by atoms with Crippen LogP contribution in [0.2, 0.25) is 0 Å². The van der Waals surface area contributed by atoms with Gasteiger partial charge >= 0.3 is 0 Å². The van der Waals surface area contributed by atoms with Gasteiger partial charge < -0.3 is 10.1 Å². The van der Waals surface area contributed by atoms with Crippen molar-refractivity contribution >= 4 is 27.5 Å². The highest BCUT2D eigenvalue weighted by atomic mass is 79.9. The van der Waals surface area contributed by atoms with Crippen molar-refractivity contribution in [3.8, 4) is 5.75 Å². The van der Waals surface area contributed by atoms with E-state index in [1.54, 1.807) is 24.3 Å². The van der Waals surface area contributed by atoms with Crippen molar-refractivity contribution in [2.45, 2.75) is 43.0 Å². The summed E-state index contributed by atoms with van der Waals surface area (Å²) in [5.74, 6) is -0.794. The number of amides is 1. The SMILES string of the molecule is O=C1Nc2ccccc2[C@]12[C@H]([N+](=O)[O-])[C@H](c1cc(Br)ccc1OCc1cccc(F)c1)[C@H]1CCCN12. The van der Waals surface area contributed by atoms with Crippen LogP contribution in [0.4, 0.5) is 10.1 Å². The lowest BCUT2D eigenvalue weighted by Gasteiger charge is -2.32. The summed E-state index contributed by atoms with van der Waals surface area (Å²) in [7, 11) is 0. The van der Waals surface area contributed by atoms with E-state index in [0.717, 1.165) is 17.3 Å². The Bertz CT molecular complexity index is 1380. The zero-order valence-corrected chi connectivity index (χ0v) is 20.8. The van der Waals surface area contributed by atoms with Gasteiger partial charge in [0.15, 0.2) is 5.54 Å².